The normalized spacial score (nSPS) is 11.8. The maximum atomic E-state index is 11.7. The number of nitrogens with one attached hydrogen (secondary N) is 2. The first kappa shape index (κ1) is 16.0. The molecular formula is C15H22N2O3. The van der Waals surface area contributed by atoms with E-state index in [1.807, 2.05) is 27.7 Å². The van der Waals surface area contributed by atoms with Gasteiger partial charge in [-0.1, -0.05) is 6.92 Å². The van der Waals surface area contributed by atoms with E-state index < -0.39 is 11.8 Å². The SMILES string of the molecule is CC[C@@H](C)NC(=O)C(=O)Nc1ccc(OC(C)C)cc1. The summed E-state index contributed by atoms with van der Waals surface area (Å²) < 4.78 is 5.50. The van der Waals surface area contributed by atoms with E-state index in [0.717, 1.165) is 12.2 Å². The number of ether oxygens (including phenoxy) is 1. The maximum Gasteiger partial charge on any atom is 0.313 e. The van der Waals surface area contributed by atoms with E-state index >= 15 is 0 Å². The summed E-state index contributed by atoms with van der Waals surface area (Å²) >= 11 is 0. The molecule has 0 spiro atoms. The second kappa shape index (κ2) is 7.53. The van der Waals surface area contributed by atoms with Gasteiger partial charge in [0.1, 0.15) is 5.75 Å². The molecule has 2 N–H and O–H groups in total. The van der Waals surface area contributed by atoms with Crippen molar-refractivity contribution in [1.82, 2.24) is 5.32 Å². The highest BCUT2D eigenvalue weighted by Gasteiger charge is 2.15. The Morgan fingerprint density at radius 2 is 1.70 bits per heavy atom. The molecule has 1 aromatic rings. The number of carbonyl (C=O) groups excluding carboxylic acids is 2. The van der Waals surface area contributed by atoms with Crippen molar-refractivity contribution in [3.8, 4) is 5.75 Å². The number of anilines is 1. The Balaban J connectivity index is 2.55. The average molecular weight is 278 g/mol. The maximum absolute atomic E-state index is 11.7. The van der Waals surface area contributed by atoms with Crippen LogP contribution in [0.2, 0.25) is 0 Å². The van der Waals surface area contributed by atoms with Crippen LogP contribution in [0.1, 0.15) is 34.1 Å². The van der Waals surface area contributed by atoms with Gasteiger partial charge in [0.15, 0.2) is 0 Å². The lowest BCUT2D eigenvalue weighted by Crippen LogP contribution is -2.40. The molecule has 0 aliphatic carbocycles. The molecule has 0 saturated carbocycles. The highest BCUT2D eigenvalue weighted by atomic mass is 16.5. The van der Waals surface area contributed by atoms with Crippen LogP contribution in [0.15, 0.2) is 24.3 Å². The van der Waals surface area contributed by atoms with Gasteiger partial charge in [-0.25, -0.2) is 0 Å². The summed E-state index contributed by atoms with van der Waals surface area (Å²) in [6, 6.07) is 6.89. The van der Waals surface area contributed by atoms with Crippen molar-refractivity contribution in [3.63, 3.8) is 0 Å². The van der Waals surface area contributed by atoms with Gasteiger partial charge >= 0.3 is 11.8 Å². The second-order valence-corrected chi connectivity index (χ2v) is 4.93. The summed E-state index contributed by atoms with van der Waals surface area (Å²) in [5, 5.41) is 5.16. The molecule has 110 valence electrons. The smallest absolute Gasteiger partial charge is 0.313 e. The first-order valence-electron chi connectivity index (χ1n) is 6.81. The lowest BCUT2D eigenvalue weighted by atomic mass is 10.2. The third-order valence-corrected chi connectivity index (χ3v) is 2.68. The van der Waals surface area contributed by atoms with Gasteiger partial charge < -0.3 is 15.4 Å². The quantitative estimate of drug-likeness (QED) is 0.812. The van der Waals surface area contributed by atoms with Crippen LogP contribution in [0.5, 0.6) is 5.75 Å². The lowest BCUT2D eigenvalue weighted by Gasteiger charge is -2.12. The predicted octanol–water partition coefficient (Wildman–Crippen LogP) is 2.33. The van der Waals surface area contributed by atoms with Gasteiger partial charge in [-0.2, -0.15) is 0 Å². The Labute approximate surface area is 119 Å². The van der Waals surface area contributed by atoms with E-state index in [4.69, 9.17) is 4.74 Å². The minimum Gasteiger partial charge on any atom is -0.491 e. The second-order valence-electron chi connectivity index (χ2n) is 4.93. The van der Waals surface area contributed by atoms with Gasteiger partial charge in [0.05, 0.1) is 6.10 Å². The first-order valence-corrected chi connectivity index (χ1v) is 6.81. The lowest BCUT2D eigenvalue weighted by molar-refractivity contribution is -0.136. The molecule has 0 unspecified atom stereocenters. The van der Waals surface area contributed by atoms with Crippen LogP contribution in [0.3, 0.4) is 0 Å². The van der Waals surface area contributed by atoms with Crippen molar-refractivity contribution in [1.29, 1.82) is 0 Å². The fraction of sp³-hybridized carbons (Fsp3) is 0.467. The number of benzene rings is 1. The molecule has 5 heteroatoms. The third-order valence-electron chi connectivity index (χ3n) is 2.68. The van der Waals surface area contributed by atoms with Crippen LogP contribution in [0.4, 0.5) is 5.69 Å². The molecule has 0 heterocycles. The number of carbonyl (C=O) groups is 2. The van der Waals surface area contributed by atoms with E-state index in [-0.39, 0.29) is 12.1 Å². The van der Waals surface area contributed by atoms with Crippen LogP contribution >= 0.6 is 0 Å². The summed E-state index contributed by atoms with van der Waals surface area (Å²) in [6.07, 6.45) is 0.872. The Morgan fingerprint density at radius 1 is 1.10 bits per heavy atom. The molecule has 1 rings (SSSR count). The van der Waals surface area contributed by atoms with Crippen molar-refractivity contribution < 1.29 is 14.3 Å². The molecular weight excluding hydrogens is 256 g/mol. The Hall–Kier alpha value is -2.04. The Bertz CT molecular complexity index is 455. The molecule has 5 nitrogen and oxygen atoms in total. The zero-order valence-corrected chi connectivity index (χ0v) is 12.4. The fourth-order valence-electron chi connectivity index (χ4n) is 1.47. The molecule has 0 fully saturated rings. The van der Waals surface area contributed by atoms with Crippen molar-refractivity contribution in [3.05, 3.63) is 24.3 Å². The van der Waals surface area contributed by atoms with Gasteiger partial charge in [-0.15, -0.1) is 0 Å². The molecule has 0 radical (unpaired) electrons. The largest absolute Gasteiger partial charge is 0.491 e. The molecule has 0 aliphatic rings. The van der Waals surface area contributed by atoms with E-state index in [0.29, 0.717) is 5.69 Å². The van der Waals surface area contributed by atoms with Crippen molar-refractivity contribution >= 4 is 17.5 Å². The number of hydrogen-bond acceptors (Lipinski definition) is 3. The summed E-state index contributed by atoms with van der Waals surface area (Å²) in [4.78, 5) is 23.3. The molecule has 1 atom stereocenters. The van der Waals surface area contributed by atoms with Crippen LogP contribution in [-0.4, -0.2) is 24.0 Å². The Kier molecular flexibility index (Phi) is 6.03. The third kappa shape index (κ3) is 5.30. The number of rotatable bonds is 5. The molecule has 20 heavy (non-hydrogen) atoms. The fourth-order valence-corrected chi connectivity index (χ4v) is 1.47. The number of hydrogen-bond donors (Lipinski definition) is 2. The van der Waals surface area contributed by atoms with E-state index in [1.165, 1.54) is 0 Å². The van der Waals surface area contributed by atoms with Crippen molar-refractivity contribution in [2.24, 2.45) is 0 Å². The molecule has 1 aromatic carbocycles. The van der Waals surface area contributed by atoms with Crippen LogP contribution in [-0.2, 0) is 9.59 Å². The van der Waals surface area contributed by atoms with Gasteiger partial charge in [0, 0.05) is 11.7 Å². The minimum atomic E-state index is -0.664. The zero-order valence-electron chi connectivity index (χ0n) is 12.4. The van der Waals surface area contributed by atoms with E-state index in [2.05, 4.69) is 10.6 Å². The standard InChI is InChI=1S/C15H22N2O3/c1-5-11(4)16-14(18)15(19)17-12-6-8-13(9-7-12)20-10(2)3/h6-11H,5H2,1-4H3,(H,16,18)(H,17,19)/t11-/m1/s1. The summed E-state index contributed by atoms with van der Waals surface area (Å²) in [5.41, 5.74) is 0.561. The topological polar surface area (TPSA) is 67.4 Å². The molecule has 0 saturated heterocycles. The highest BCUT2D eigenvalue weighted by molar-refractivity contribution is 6.39. The minimum absolute atomic E-state index is 0.0185. The molecule has 2 amide bonds. The molecule has 0 aliphatic heterocycles. The zero-order chi connectivity index (χ0) is 15.1. The molecule has 0 aromatic heterocycles. The predicted molar refractivity (Wildman–Crippen MR) is 78.7 cm³/mol. The highest BCUT2D eigenvalue weighted by Crippen LogP contribution is 2.16. The van der Waals surface area contributed by atoms with Gasteiger partial charge in [-0.05, 0) is 51.5 Å². The summed E-state index contributed by atoms with van der Waals surface area (Å²) in [5.74, 6) is -0.563. The van der Waals surface area contributed by atoms with Crippen LogP contribution < -0.4 is 15.4 Å². The van der Waals surface area contributed by atoms with Crippen LogP contribution in [0, 0.1) is 0 Å². The van der Waals surface area contributed by atoms with E-state index in [1.54, 1.807) is 24.3 Å². The Morgan fingerprint density at radius 3 is 2.20 bits per heavy atom. The molecule has 0 bridgehead atoms. The van der Waals surface area contributed by atoms with Crippen LogP contribution in [0.25, 0.3) is 0 Å². The van der Waals surface area contributed by atoms with Gasteiger partial charge in [-0.3, -0.25) is 9.59 Å². The first-order chi connectivity index (χ1) is 9.42. The monoisotopic (exact) mass is 278 g/mol. The van der Waals surface area contributed by atoms with Crippen molar-refractivity contribution in [2.75, 3.05) is 5.32 Å². The van der Waals surface area contributed by atoms with Crippen molar-refractivity contribution in [2.45, 2.75) is 46.3 Å². The van der Waals surface area contributed by atoms with E-state index in [9.17, 15) is 9.59 Å². The summed E-state index contributed by atoms with van der Waals surface area (Å²) in [6.45, 7) is 7.67. The summed E-state index contributed by atoms with van der Waals surface area (Å²) in [7, 11) is 0. The average Bonchev–Trinajstić information content (AvgIpc) is 2.40. The van der Waals surface area contributed by atoms with Gasteiger partial charge in [0.2, 0.25) is 0 Å². The number of amides is 2. The van der Waals surface area contributed by atoms with Gasteiger partial charge in [0.25, 0.3) is 0 Å².